The number of nitrogens with two attached hydrogens (primary N) is 1. The lowest BCUT2D eigenvalue weighted by Crippen LogP contribution is -2.26. The monoisotopic (exact) mass is 261 g/mol. The van der Waals surface area contributed by atoms with Crippen LogP contribution >= 0.6 is 23.2 Å². The maximum atomic E-state index is 6.00. The van der Waals surface area contributed by atoms with E-state index in [0.29, 0.717) is 22.4 Å². The van der Waals surface area contributed by atoms with Crippen LogP contribution in [0.2, 0.25) is 10.0 Å². The fourth-order valence-corrected chi connectivity index (χ4v) is 1.79. The Bertz CT molecular complexity index is 353. The van der Waals surface area contributed by atoms with Crippen molar-refractivity contribution in [2.45, 2.75) is 20.3 Å². The van der Waals surface area contributed by atoms with Gasteiger partial charge in [-0.1, -0.05) is 37.0 Å². The van der Waals surface area contributed by atoms with E-state index in [1.807, 2.05) is 0 Å². The largest absolute Gasteiger partial charge is 0.368 e. The Labute approximate surface area is 106 Å². The minimum Gasteiger partial charge on any atom is -0.368 e. The molecule has 1 aromatic rings. The van der Waals surface area contributed by atoms with Crippen LogP contribution < -0.4 is 11.1 Å². The Morgan fingerprint density at radius 3 is 2.69 bits per heavy atom. The molecule has 0 amide bonds. The van der Waals surface area contributed by atoms with E-state index in [1.54, 1.807) is 12.3 Å². The van der Waals surface area contributed by atoms with Gasteiger partial charge in [-0.3, -0.25) is 0 Å². The average molecular weight is 262 g/mol. The predicted molar refractivity (Wildman–Crippen MR) is 70.2 cm³/mol. The van der Waals surface area contributed by atoms with Crippen LogP contribution in [-0.4, -0.2) is 18.1 Å². The van der Waals surface area contributed by atoms with Gasteiger partial charge < -0.3 is 11.1 Å². The number of hydrogen-bond donors (Lipinski definition) is 2. The molecule has 5 heteroatoms. The second kappa shape index (κ2) is 5.71. The molecule has 0 radical (unpaired) electrons. The lowest BCUT2D eigenvalue weighted by atomic mass is 9.89. The Morgan fingerprint density at radius 1 is 1.44 bits per heavy atom. The molecule has 0 saturated carbocycles. The first-order valence-electron chi connectivity index (χ1n) is 5.19. The molecule has 0 aliphatic carbocycles. The Morgan fingerprint density at radius 2 is 2.12 bits per heavy atom. The first-order chi connectivity index (χ1) is 7.44. The molecule has 3 N–H and O–H groups in total. The summed E-state index contributed by atoms with van der Waals surface area (Å²) < 4.78 is 0. The van der Waals surface area contributed by atoms with E-state index >= 15 is 0 Å². The standard InChI is InChI=1S/C11H17Cl2N3/c1-11(2,3-4-14)7-16-10-9(13)5-8(12)6-15-10/h5-6H,3-4,7,14H2,1-2H3,(H,15,16). The number of nitrogens with one attached hydrogen (secondary N) is 1. The number of hydrogen-bond acceptors (Lipinski definition) is 3. The fraction of sp³-hybridized carbons (Fsp3) is 0.545. The number of rotatable bonds is 5. The first kappa shape index (κ1) is 13.6. The molecule has 0 atom stereocenters. The summed E-state index contributed by atoms with van der Waals surface area (Å²) in [6, 6.07) is 1.67. The van der Waals surface area contributed by atoms with E-state index in [2.05, 4.69) is 24.1 Å². The second-order valence-corrected chi connectivity index (χ2v) is 5.38. The second-order valence-electron chi connectivity index (χ2n) is 4.54. The van der Waals surface area contributed by atoms with Crippen LogP contribution in [0.3, 0.4) is 0 Å². The van der Waals surface area contributed by atoms with E-state index in [-0.39, 0.29) is 5.41 Å². The van der Waals surface area contributed by atoms with E-state index in [9.17, 15) is 0 Å². The van der Waals surface area contributed by atoms with Gasteiger partial charge in [-0.15, -0.1) is 0 Å². The van der Waals surface area contributed by atoms with Crippen LogP contribution in [0.1, 0.15) is 20.3 Å². The van der Waals surface area contributed by atoms with Crippen molar-refractivity contribution in [1.82, 2.24) is 4.98 Å². The van der Waals surface area contributed by atoms with Gasteiger partial charge in [-0.2, -0.15) is 0 Å². The van der Waals surface area contributed by atoms with Crippen molar-refractivity contribution < 1.29 is 0 Å². The van der Waals surface area contributed by atoms with Gasteiger partial charge in [0.15, 0.2) is 0 Å². The zero-order valence-electron chi connectivity index (χ0n) is 9.56. The molecule has 90 valence electrons. The van der Waals surface area contributed by atoms with Gasteiger partial charge >= 0.3 is 0 Å². The third-order valence-corrected chi connectivity index (χ3v) is 2.86. The summed E-state index contributed by atoms with van der Waals surface area (Å²) in [7, 11) is 0. The van der Waals surface area contributed by atoms with Crippen LogP contribution in [-0.2, 0) is 0 Å². The van der Waals surface area contributed by atoms with Crippen molar-refractivity contribution in [1.29, 1.82) is 0 Å². The van der Waals surface area contributed by atoms with Gasteiger partial charge in [0.05, 0.1) is 10.0 Å². The molecule has 16 heavy (non-hydrogen) atoms. The smallest absolute Gasteiger partial charge is 0.144 e. The normalized spacial score (nSPS) is 11.6. The van der Waals surface area contributed by atoms with Gasteiger partial charge in [0.2, 0.25) is 0 Å². The molecule has 0 aromatic carbocycles. The topological polar surface area (TPSA) is 50.9 Å². The molecule has 0 spiro atoms. The highest BCUT2D eigenvalue weighted by atomic mass is 35.5. The van der Waals surface area contributed by atoms with Crippen molar-refractivity contribution in [3.63, 3.8) is 0 Å². The minimum atomic E-state index is 0.124. The minimum absolute atomic E-state index is 0.124. The summed E-state index contributed by atoms with van der Waals surface area (Å²) in [5.74, 6) is 0.663. The van der Waals surface area contributed by atoms with Crippen LogP contribution in [0.15, 0.2) is 12.3 Å². The zero-order chi connectivity index (χ0) is 12.2. The summed E-state index contributed by atoms with van der Waals surface area (Å²) in [4.78, 5) is 4.13. The van der Waals surface area contributed by atoms with E-state index < -0.39 is 0 Å². The Balaban J connectivity index is 2.61. The summed E-state index contributed by atoms with van der Waals surface area (Å²) >= 11 is 11.8. The molecule has 0 bridgehead atoms. The quantitative estimate of drug-likeness (QED) is 0.856. The summed E-state index contributed by atoms with van der Waals surface area (Å²) in [5.41, 5.74) is 5.67. The highest BCUT2D eigenvalue weighted by Crippen LogP contribution is 2.25. The van der Waals surface area contributed by atoms with Crippen molar-refractivity contribution in [3.8, 4) is 0 Å². The van der Waals surface area contributed by atoms with Gasteiger partial charge in [0.25, 0.3) is 0 Å². The highest BCUT2D eigenvalue weighted by molar-refractivity contribution is 6.35. The predicted octanol–water partition coefficient (Wildman–Crippen LogP) is 3.18. The van der Waals surface area contributed by atoms with Gasteiger partial charge in [-0.05, 0) is 24.4 Å². The zero-order valence-corrected chi connectivity index (χ0v) is 11.1. The Hall–Kier alpha value is -0.510. The average Bonchev–Trinajstić information content (AvgIpc) is 2.16. The SMILES string of the molecule is CC(C)(CCN)CNc1ncc(Cl)cc1Cl. The Kier molecular flexibility index (Phi) is 4.84. The molecule has 0 aliphatic rings. The fourth-order valence-electron chi connectivity index (χ4n) is 1.35. The van der Waals surface area contributed by atoms with Crippen molar-refractivity contribution in [3.05, 3.63) is 22.3 Å². The molecular formula is C11H17Cl2N3. The van der Waals surface area contributed by atoms with Crippen molar-refractivity contribution in [2.24, 2.45) is 11.1 Å². The summed E-state index contributed by atoms with van der Waals surface area (Å²) in [5, 5.41) is 4.28. The van der Waals surface area contributed by atoms with E-state index in [1.165, 1.54) is 0 Å². The molecule has 0 fully saturated rings. The van der Waals surface area contributed by atoms with Crippen molar-refractivity contribution >= 4 is 29.0 Å². The number of halogens is 2. The molecule has 1 heterocycles. The molecule has 3 nitrogen and oxygen atoms in total. The van der Waals surface area contributed by atoms with Crippen LogP contribution in [0.5, 0.6) is 0 Å². The molecule has 1 rings (SSSR count). The van der Waals surface area contributed by atoms with Crippen LogP contribution in [0.4, 0.5) is 5.82 Å². The maximum Gasteiger partial charge on any atom is 0.144 e. The summed E-state index contributed by atoms with van der Waals surface area (Å²) in [6.07, 6.45) is 2.52. The number of anilines is 1. The van der Waals surface area contributed by atoms with Crippen molar-refractivity contribution in [2.75, 3.05) is 18.4 Å². The van der Waals surface area contributed by atoms with E-state index in [4.69, 9.17) is 28.9 Å². The van der Waals surface area contributed by atoms with Crippen LogP contribution in [0.25, 0.3) is 0 Å². The molecule has 0 aliphatic heterocycles. The van der Waals surface area contributed by atoms with E-state index in [0.717, 1.165) is 13.0 Å². The van der Waals surface area contributed by atoms with Gasteiger partial charge in [0.1, 0.15) is 5.82 Å². The molecular weight excluding hydrogens is 245 g/mol. The maximum absolute atomic E-state index is 6.00. The van der Waals surface area contributed by atoms with Gasteiger partial charge in [0, 0.05) is 12.7 Å². The molecule has 0 unspecified atom stereocenters. The number of aromatic nitrogens is 1. The lowest BCUT2D eigenvalue weighted by molar-refractivity contribution is 0.365. The number of nitrogens with zero attached hydrogens (tertiary/aromatic N) is 1. The third kappa shape index (κ3) is 4.16. The first-order valence-corrected chi connectivity index (χ1v) is 5.95. The highest BCUT2D eigenvalue weighted by Gasteiger charge is 2.17. The molecule has 0 saturated heterocycles. The lowest BCUT2D eigenvalue weighted by Gasteiger charge is -2.24. The number of pyridine rings is 1. The third-order valence-electron chi connectivity index (χ3n) is 2.36. The molecule has 1 aromatic heterocycles. The van der Waals surface area contributed by atoms with Gasteiger partial charge in [-0.25, -0.2) is 4.98 Å². The summed E-state index contributed by atoms with van der Waals surface area (Å²) in [6.45, 7) is 5.75. The van der Waals surface area contributed by atoms with Crippen LogP contribution in [0, 0.1) is 5.41 Å².